The van der Waals surface area contributed by atoms with Crippen LogP contribution < -0.4 is 10.2 Å². The monoisotopic (exact) mass is 338 g/mol. The summed E-state index contributed by atoms with van der Waals surface area (Å²) in [6, 6.07) is 15.8. The third-order valence-corrected chi connectivity index (χ3v) is 4.11. The molecule has 0 aliphatic carbocycles. The summed E-state index contributed by atoms with van der Waals surface area (Å²) in [5.74, 6) is -1.22. The molecule has 0 unspecified atom stereocenters. The lowest BCUT2D eigenvalue weighted by Gasteiger charge is -2.16. The van der Waals surface area contributed by atoms with Gasteiger partial charge in [0.05, 0.1) is 18.6 Å². The zero-order valence-electron chi connectivity index (χ0n) is 13.8. The molecule has 0 saturated carbocycles. The van der Waals surface area contributed by atoms with Crippen LogP contribution in [0.1, 0.15) is 16.8 Å². The summed E-state index contributed by atoms with van der Waals surface area (Å²) in [4.78, 5) is 37.9. The van der Waals surface area contributed by atoms with Crippen LogP contribution >= 0.6 is 0 Å². The van der Waals surface area contributed by atoms with Crippen LogP contribution in [-0.4, -0.2) is 31.4 Å². The van der Waals surface area contributed by atoms with Gasteiger partial charge in [0.15, 0.2) is 0 Å². The SMILES string of the molecule is COC(=O)c1cccc(NC(=O)[C@H]2CC(=O)N(c3ccccc3)C2)c1. The lowest BCUT2D eigenvalue weighted by molar-refractivity contribution is -0.122. The van der Waals surface area contributed by atoms with Crippen molar-refractivity contribution in [2.24, 2.45) is 5.92 Å². The number of nitrogens with one attached hydrogen (secondary N) is 1. The van der Waals surface area contributed by atoms with Gasteiger partial charge in [0, 0.05) is 24.3 Å². The van der Waals surface area contributed by atoms with Crippen molar-refractivity contribution in [3.05, 3.63) is 60.2 Å². The molecule has 2 amide bonds. The number of benzene rings is 2. The summed E-state index contributed by atoms with van der Waals surface area (Å²) in [6.45, 7) is 0.339. The molecule has 0 aromatic heterocycles. The normalized spacial score (nSPS) is 16.6. The van der Waals surface area contributed by atoms with Crippen LogP contribution in [0.15, 0.2) is 54.6 Å². The summed E-state index contributed by atoms with van der Waals surface area (Å²) < 4.78 is 4.67. The van der Waals surface area contributed by atoms with Crippen LogP contribution in [0.5, 0.6) is 0 Å². The molecular weight excluding hydrogens is 320 g/mol. The van der Waals surface area contributed by atoms with Crippen molar-refractivity contribution in [3.8, 4) is 0 Å². The second kappa shape index (κ2) is 7.17. The molecule has 1 N–H and O–H groups in total. The second-order valence-electron chi connectivity index (χ2n) is 5.80. The first kappa shape index (κ1) is 16.7. The molecule has 1 heterocycles. The van der Waals surface area contributed by atoms with E-state index >= 15 is 0 Å². The minimum Gasteiger partial charge on any atom is -0.465 e. The van der Waals surface area contributed by atoms with Gasteiger partial charge in [0.25, 0.3) is 0 Å². The van der Waals surface area contributed by atoms with Gasteiger partial charge >= 0.3 is 5.97 Å². The number of methoxy groups -OCH3 is 1. The average molecular weight is 338 g/mol. The van der Waals surface area contributed by atoms with Gasteiger partial charge in [-0.25, -0.2) is 4.79 Å². The number of carbonyl (C=O) groups excluding carboxylic acids is 3. The molecule has 6 heteroatoms. The second-order valence-corrected chi connectivity index (χ2v) is 5.80. The maximum absolute atomic E-state index is 12.5. The van der Waals surface area contributed by atoms with Crippen molar-refractivity contribution in [2.45, 2.75) is 6.42 Å². The van der Waals surface area contributed by atoms with E-state index < -0.39 is 11.9 Å². The fraction of sp³-hybridized carbons (Fsp3) is 0.211. The van der Waals surface area contributed by atoms with Crippen LogP contribution in [0.4, 0.5) is 11.4 Å². The summed E-state index contributed by atoms with van der Waals surface area (Å²) in [7, 11) is 1.30. The van der Waals surface area contributed by atoms with Gasteiger partial charge < -0.3 is 15.0 Å². The Morgan fingerprint density at radius 3 is 2.60 bits per heavy atom. The number of para-hydroxylation sites is 1. The Kier molecular flexibility index (Phi) is 4.79. The molecule has 25 heavy (non-hydrogen) atoms. The highest BCUT2D eigenvalue weighted by Gasteiger charge is 2.35. The number of carbonyl (C=O) groups is 3. The maximum Gasteiger partial charge on any atom is 0.337 e. The van der Waals surface area contributed by atoms with Crippen LogP contribution in [0.3, 0.4) is 0 Å². The Hall–Kier alpha value is -3.15. The number of esters is 1. The van der Waals surface area contributed by atoms with Gasteiger partial charge in [-0.1, -0.05) is 24.3 Å². The van der Waals surface area contributed by atoms with Crippen LogP contribution in [0.25, 0.3) is 0 Å². The zero-order chi connectivity index (χ0) is 17.8. The van der Waals surface area contributed by atoms with E-state index in [1.54, 1.807) is 29.2 Å². The highest BCUT2D eigenvalue weighted by molar-refractivity contribution is 6.03. The Morgan fingerprint density at radius 2 is 1.88 bits per heavy atom. The number of hydrogen-bond donors (Lipinski definition) is 1. The minimum atomic E-state index is -0.470. The van der Waals surface area contributed by atoms with Crippen molar-refractivity contribution < 1.29 is 19.1 Å². The molecule has 2 aromatic carbocycles. The summed E-state index contributed by atoms with van der Waals surface area (Å²) in [5, 5.41) is 2.77. The van der Waals surface area contributed by atoms with E-state index in [1.807, 2.05) is 30.3 Å². The molecule has 1 saturated heterocycles. The standard InChI is InChI=1S/C19H18N2O4/c1-25-19(24)13-6-5-7-15(10-13)20-18(23)14-11-17(22)21(12-14)16-8-3-2-4-9-16/h2-10,14H,11-12H2,1H3,(H,20,23)/t14-/m0/s1. The van der Waals surface area contributed by atoms with Gasteiger partial charge in [0.2, 0.25) is 11.8 Å². The smallest absolute Gasteiger partial charge is 0.337 e. The van der Waals surface area contributed by atoms with E-state index in [4.69, 9.17) is 0 Å². The Labute approximate surface area is 145 Å². The molecule has 1 fully saturated rings. The van der Waals surface area contributed by atoms with E-state index in [-0.39, 0.29) is 18.2 Å². The van der Waals surface area contributed by atoms with Crippen molar-refractivity contribution in [1.29, 1.82) is 0 Å². The Morgan fingerprint density at radius 1 is 1.12 bits per heavy atom. The van der Waals surface area contributed by atoms with Crippen molar-refractivity contribution in [1.82, 2.24) is 0 Å². The fourth-order valence-corrected chi connectivity index (χ4v) is 2.83. The summed E-state index contributed by atoms with van der Waals surface area (Å²) in [5.41, 5.74) is 1.64. The zero-order valence-corrected chi connectivity index (χ0v) is 13.8. The van der Waals surface area contributed by atoms with E-state index in [0.29, 0.717) is 17.8 Å². The van der Waals surface area contributed by atoms with Gasteiger partial charge in [-0.3, -0.25) is 9.59 Å². The third-order valence-electron chi connectivity index (χ3n) is 4.11. The molecule has 3 rings (SSSR count). The van der Waals surface area contributed by atoms with Crippen LogP contribution in [0, 0.1) is 5.92 Å². The molecule has 0 radical (unpaired) electrons. The van der Waals surface area contributed by atoms with Crippen molar-refractivity contribution in [2.75, 3.05) is 23.9 Å². The number of nitrogens with zero attached hydrogens (tertiary/aromatic N) is 1. The van der Waals surface area contributed by atoms with Gasteiger partial charge in [0.1, 0.15) is 0 Å². The lowest BCUT2D eigenvalue weighted by Crippen LogP contribution is -2.28. The fourth-order valence-electron chi connectivity index (χ4n) is 2.83. The minimum absolute atomic E-state index is 0.0744. The Balaban J connectivity index is 1.68. The topological polar surface area (TPSA) is 75.7 Å². The first-order valence-corrected chi connectivity index (χ1v) is 7.93. The number of anilines is 2. The molecule has 2 aromatic rings. The molecule has 1 atom stereocenters. The lowest BCUT2D eigenvalue weighted by atomic mass is 10.1. The van der Waals surface area contributed by atoms with E-state index in [1.165, 1.54) is 7.11 Å². The Bertz CT molecular complexity index is 804. The molecule has 0 spiro atoms. The molecule has 1 aliphatic heterocycles. The van der Waals surface area contributed by atoms with Crippen LogP contribution in [-0.2, 0) is 14.3 Å². The van der Waals surface area contributed by atoms with Crippen molar-refractivity contribution in [3.63, 3.8) is 0 Å². The van der Waals surface area contributed by atoms with E-state index in [2.05, 4.69) is 10.1 Å². The summed E-state index contributed by atoms with van der Waals surface area (Å²) in [6.07, 6.45) is 0.164. The number of rotatable bonds is 4. The third kappa shape index (κ3) is 3.68. The predicted molar refractivity (Wildman–Crippen MR) is 93.3 cm³/mol. The highest BCUT2D eigenvalue weighted by atomic mass is 16.5. The molecule has 1 aliphatic rings. The van der Waals surface area contributed by atoms with Gasteiger partial charge in [-0.15, -0.1) is 0 Å². The van der Waals surface area contributed by atoms with Gasteiger partial charge in [-0.05, 0) is 30.3 Å². The number of ether oxygens (including phenoxy) is 1. The maximum atomic E-state index is 12.5. The quantitative estimate of drug-likeness (QED) is 0.869. The average Bonchev–Trinajstić information content (AvgIpc) is 3.04. The molecule has 6 nitrogen and oxygen atoms in total. The molecule has 128 valence electrons. The van der Waals surface area contributed by atoms with E-state index in [0.717, 1.165) is 5.69 Å². The van der Waals surface area contributed by atoms with E-state index in [9.17, 15) is 14.4 Å². The first-order chi connectivity index (χ1) is 12.1. The largest absolute Gasteiger partial charge is 0.465 e. The molecular formula is C19H18N2O4. The molecule has 0 bridgehead atoms. The first-order valence-electron chi connectivity index (χ1n) is 7.93. The summed E-state index contributed by atoms with van der Waals surface area (Å²) >= 11 is 0. The highest BCUT2D eigenvalue weighted by Crippen LogP contribution is 2.26. The number of amides is 2. The number of hydrogen-bond acceptors (Lipinski definition) is 4. The van der Waals surface area contributed by atoms with Crippen molar-refractivity contribution >= 4 is 29.2 Å². The van der Waals surface area contributed by atoms with Gasteiger partial charge in [-0.2, -0.15) is 0 Å². The predicted octanol–water partition coefficient (Wildman–Crippen LogP) is 2.46. The van der Waals surface area contributed by atoms with Crippen LogP contribution in [0.2, 0.25) is 0 Å².